The van der Waals surface area contributed by atoms with Gasteiger partial charge in [0.1, 0.15) is 17.9 Å². The van der Waals surface area contributed by atoms with Gasteiger partial charge in [-0.05, 0) is 29.8 Å². The minimum absolute atomic E-state index is 0.311. The van der Waals surface area contributed by atoms with Crippen LogP contribution >= 0.6 is 0 Å². The first-order valence-electron chi connectivity index (χ1n) is 6.60. The van der Waals surface area contributed by atoms with Crippen LogP contribution in [0.3, 0.4) is 0 Å². The van der Waals surface area contributed by atoms with Crippen molar-refractivity contribution in [2.75, 3.05) is 12.8 Å². The zero-order valence-electron chi connectivity index (χ0n) is 11.7. The molecule has 2 aromatic carbocycles. The van der Waals surface area contributed by atoms with E-state index in [0.29, 0.717) is 30.4 Å². The number of hydrogen-bond acceptors (Lipinski definition) is 5. The van der Waals surface area contributed by atoms with E-state index < -0.39 is 0 Å². The molecule has 3 aromatic rings. The number of nitrogens with two attached hydrogens (primary N) is 1. The van der Waals surface area contributed by atoms with E-state index in [4.69, 9.17) is 19.6 Å². The first-order valence-corrected chi connectivity index (χ1v) is 6.60. The van der Waals surface area contributed by atoms with Crippen LogP contribution < -0.4 is 10.5 Å². The van der Waals surface area contributed by atoms with Gasteiger partial charge in [0.2, 0.25) is 5.89 Å². The van der Waals surface area contributed by atoms with Crippen LogP contribution in [-0.2, 0) is 18.0 Å². The first-order chi connectivity index (χ1) is 10.2. The number of rotatable bonds is 5. The molecular formula is C16H16N2O3. The predicted molar refractivity (Wildman–Crippen MR) is 79.9 cm³/mol. The summed E-state index contributed by atoms with van der Waals surface area (Å²) in [6.07, 6.45) is 0. The van der Waals surface area contributed by atoms with Crippen molar-refractivity contribution in [3.8, 4) is 5.75 Å². The lowest BCUT2D eigenvalue weighted by Crippen LogP contribution is -1.95. The van der Waals surface area contributed by atoms with Crippen LogP contribution in [0.1, 0.15) is 11.5 Å². The summed E-state index contributed by atoms with van der Waals surface area (Å²) in [5.41, 5.74) is 8.86. The number of ether oxygens (including phenoxy) is 2. The zero-order chi connectivity index (χ0) is 14.7. The lowest BCUT2D eigenvalue weighted by atomic mass is 10.2. The molecule has 0 atom stereocenters. The fourth-order valence-corrected chi connectivity index (χ4v) is 2.07. The molecule has 0 aliphatic rings. The Morgan fingerprint density at radius 3 is 2.90 bits per heavy atom. The molecule has 3 rings (SSSR count). The van der Waals surface area contributed by atoms with E-state index in [-0.39, 0.29) is 0 Å². The fourth-order valence-electron chi connectivity index (χ4n) is 2.07. The molecule has 21 heavy (non-hydrogen) atoms. The average Bonchev–Trinajstić information content (AvgIpc) is 2.89. The normalized spacial score (nSPS) is 10.9. The number of aromatic nitrogens is 1. The van der Waals surface area contributed by atoms with Crippen LogP contribution in [0, 0.1) is 0 Å². The number of anilines is 1. The minimum Gasteiger partial charge on any atom is -0.497 e. The molecule has 108 valence electrons. The van der Waals surface area contributed by atoms with Crippen molar-refractivity contribution in [3.05, 3.63) is 53.9 Å². The number of nitrogen functional groups attached to an aromatic ring is 1. The van der Waals surface area contributed by atoms with Crippen molar-refractivity contribution in [1.29, 1.82) is 0 Å². The summed E-state index contributed by atoms with van der Waals surface area (Å²) in [5, 5.41) is 0. The van der Waals surface area contributed by atoms with Gasteiger partial charge in [0.25, 0.3) is 0 Å². The Morgan fingerprint density at radius 2 is 2.05 bits per heavy atom. The van der Waals surface area contributed by atoms with E-state index in [2.05, 4.69) is 4.98 Å². The largest absolute Gasteiger partial charge is 0.497 e. The molecule has 5 heteroatoms. The molecule has 5 nitrogen and oxygen atoms in total. The second kappa shape index (κ2) is 5.85. The number of fused-ring (bicyclic) bond motifs is 1. The highest BCUT2D eigenvalue weighted by molar-refractivity contribution is 5.76. The molecule has 0 amide bonds. The van der Waals surface area contributed by atoms with Gasteiger partial charge in [0, 0.05) is 11.8 Å². The van der Waals surface area contributed by atoms with Crippen molar-refractivity contribution in [2.24, 2.45) is 0 Å². The maximum absolute atomic E-state index is 5.71. The van der Waals surface area contributed by atoms with Crippen LogP contribution in [-0.4, -0.2) is 12.1 Å². The smallest absolute Gasteiger partial charge is 0.221 e. The predicted octanol–water partition coefficient (Wildman–Crippen LogP) is 3.14. The number of oxazole rings is 1. The van der Waals surface area contributed by atoms with Crippen LogP contribution in [0.2, 0.25) is 0 Å². The number of benzene rings is 2. The highest BCUT2D eigenvalue weighted by Gasteiger charge is 2.06. The highest BCUT2D eigenvalue weighted by Crippen LogP contribution is 2.19. The molecule has 0 unspecified atom stereocenters. The number of methoxy groups -OCH3 is 1. The maximum Gasteiger partial charge on any atom is 0.221 e. The number of nitrogens with zero attached hydrogens (tertiary/aromatic N) is 1. The van der Waals surface area contributed by atoms with Crippen LogP contribution in [0.25, 0.3) is 11.1 Å². The Labute approximate surface area is 122 Å². The second-order valence-electron chi connectivity index (χ2n) is 4.68. The Balaban J connectivity index is 1.63. The molecule has 0 aliphatic carbocycles. The van der Waals surface area contributed by atoms with Crippen LogP contribution in [0.5, 0.6) is 5.75 Å². The lowest BCUT2D eigenvalue weighted by Gasteiger charge is -2.04. The summed E-state index contributed by atoms with van der Waals surface area (Å²) in [6, 6.07) is 13.1. The van der Waals surface area contributed by atoms with Crippen molar-refractivity contribution >= 4 is 16.8 Å². The van der Waals surface area contributed by atoms with Crippen LogP contribution in [0.4, 0.5) is 5.69 Å². The first kappa shape index (κ1) is 13.5. The average molecular weight is 284 g/mol. The van der Waals surface area contributed by atoms with Gasteiger partial charge in [-0.3, -0.25) is 0 Å². The van der Waals surface area contributed by atoms with E-state index in [1.165, 1.54) is 0 Å². The molecule has 0 radical (unpaired) electrons. The highest BCUT2D eigenvalue weighted by atomic mass is 16.5. The maximum atomic E-state index is 5.71. The molecule has 0 spiro atoms. The fraction of sp³-hybridized carbons (Fsp3) is 0.188. The van der Waals surface area contributed by atoms with Gasteiger partial charge in [0.15, 0.2) is 5.58 Å². The van der Waals surface area contributed by atoms with Gasteiger partial charge >= 0.3 is 0 Å². The number of hydrogen-bond donors (Lipinski definition) is 1. The van der Waals surface area contributed by atoms with Crippen LogP contribution in [0.15, 0.2) is 46.9 Å². The van der Waals surface area contributed by atoms with E-state index in [1.807, 2.05) is 30.3 Å². The Morgan fingerprint density at radius 1 is 1.14 bits per heavy atom. The van der Waals surface area contributed by atoms with Crippen molar-refractivity contribution < 1.29 is 13.9 Å². The SMILES string of the molecule is COc1cccc(COCc2nc3ccc(N)cc3o2)c1. The zero-order valence-corrected chi connectivity index (χ0v) is 11.7. The molecule has 0 saturated carbocycles. The topological polar surface area (TPSA) is 70.5 Å². The monoisotopic (exact) mass is 284 g/mol. The molecule has 1 aromatic heterocycles. The van der Waals surface area contributed by atoms with Crippen molar-refractivity contribution in [2.45, 2.75) is 13.2 Å². The molecule has 1 heterocycles. The molecule has 0 bridgehead atoms. The van der Waals surface area contributed by atoms with Crippen molar-refractivity contribution in [3.63, 3.8) is 0 Å². The molecule has 0 saturated heterocycles. The third-order valence-corrected chi connectivity index (χ3v) is 3.09. The van der Waals surface area contributed by atoms with Gasteiger partial charge < -0.3 is 19.6 Å². The van der Waals surface area contributed by atoms with E-state index in [9.17, 15) is 0 Å². The van der Waals surface area contributed by atoms with Gasteiger partial charge in [-0.25, -0.2) is 4.98 Å². The Hall–Kier alpha value is -2.53. The summed E-state index contributed by atoms with van der Waals surface area (Å²) in [4.78, 5) is 4.35. The van der Waals surface area contributed by atoms with Gasteiger partial charge in [-0.1, -0.05) is 12.1 Å². The van der Waals surface area contributed by atoms with E-state index in [0.717, 1.165) is 16.8 Å². The third-order valence-electron chi connectivity index (χ3n) is 3.09. The molecule has 0 fully saturated rings. The molecule has 0 aliphatic heterocycles. The van der Waals surface area contributed by atoms with Gasteiger partial charge in [0.05, 0.1) is 13.7 Å². The van der Waals surface area contributed by atoms with E-state index >= 15 is 0 Å². The summed E-state index contributed by atoms with van der Waals surface area (Å²) in [7, 11) is 1.64. The quantitative estimate of drug-likeness (QED) is 0.729. The second-order valence-corrected chi connectivity index (χ2v) is 4.68. The third kappa shape index (κ3) is 3.14. The molecule has 2 N–H and O–H groups in total. The lowest BCUT2D eigenvalue weighted by molar-refractivity contribution is 0.0905. The van der Waals surface area contributed by atoms with E-state index in [1.54, 1.807) is 19.2 Å². The van der Waals surface area contributed by atoms with Crippen molar-refractivity contribution in [1.82, 2.24) is 4.98 Å². The summed E-state index contributed by atoms with van der Waals surface area (Å²) in [5.74, 6) is 1.35. The standard InChI is InChI=1S/C16H16N2O3/c1-19-13-4-2-3-11(7-13)9-20-10-16-18-14-6-5-12(17)8-15(14)21-16/h2-8H,9-10,17H2,1H3. The summed E-state index contributed by atoms with van der Waals surface area (Å²) < 4.78 is 16.4. The van der Waals surface area contributed by atoms with Gasteiger partial charge in [-0.2, -0.15) is 0 Å². The molecular weight excluding hydrogens is 268 g/mol. The minimum atomic E-state index is 0.311. The van der Waals surface area contributed by atoms with Gasteiger partial charge in [-0.15, -0.1) is 0 Å². The summed E-state index contributed by atoms with van der Waals surface area (Å²) in [6.45, 7) is 0.782. The Kier molecular flexibility index (Phi) is 3.75. The Bertz CT molecular complexity index is 752. The summed E-state index contributed by atoms with van der Waals surface area (Å²) >= 11 is 0.